The van der Waals surface area contributed by atoms with Crippen LogP contribution in [0.3, 0.4) is 0 Å². The van der Waals surface area contributed by atoms with E-state index in [1.54, 1.807) is 6.20 Å². The number of hydrogen-bond donors (Lipinski definition) is 3. The molecule has 1 atom stereocenters. The van der Waals surface area contributed by atoms with Crippen molar-refractivity contribution in [3.63, 3.8) is 0 Å². The van der Waals surface area contributed by atoms with Gasteiger partial charge in [0.2, 0.25) is 0 Å². The van der Waals surface area contributed by atoms with Crippen molar-refractivity contribution in [2.45, 2.75) is 19.4 Å². The Morgan fingerprint density at radius 3 is 3.00 bits per heavy atom. The fraction of sp³-hybridized carbons (Fsp3) is 0.250. The number of anilines is 1. The SMILES string of the molecule is Cc1n[nH]c2ccc(-c3nncc(N4CCN[C@@H](Cc5c[nH]c6ccccc56)C4)n3)cc12. The molecule has 0 unspecified atom stereocenters. The summed E-state index contributed by atoms with van der Waals surface area (Å²) in [6.07, 6.45) is 4.85. The second-order valence-electron chi connectivity index (χ2n) is 8.37. The first kappa shape index (κ1) is 18.9. The van der Waals surface area contributed by atoms with Crippen LogP contribution in [0.2, 0.25) is 0 Å². The lowest BCUT2D eigenvalue weighted by Crippen LogP contribution is -2.52. The number of fused-ring (bicyclic) bond motifs is 2. The topological polar surface area (TPSA) is 98.4 Å². The van der Waals surface area contributed by atoms with Crippen molar-refractivity contribution in [2.75, 3.05) is 24.5 Å². The molecule has 160 valence electrons. The molecular formula is C24H24N8. The molecule has 1 aliphatic rings. The van der Waals surface area contributed by atoms with E-state index in [9.17, 15) is 0 Å². The Labute approximate surface area is 185 Å². The molecule has 0 spiro atoms. The molecule has 2 aromatic carbocycles. The highest BCUT2D eigenvalue weighted by molar-refractivity contribution is 5.85. The number of aromatic nitrogens is 6. The van der Waals surface area contributed by atoms with Gasteiger partial charge >= 0.3 is 0 Å². The third kappa shape index (κ3) is 3.38. The van der Waals surface area contributed by atoms with Crippen LogP contribution in [0, 0.1) is 6.92 Å². The van der Waals surface area contributed by atoms with E-state index in [-0.39, 0.29) is 0 Å². The number of piperazine rings is 1. The first-order valence-electron chi connectivity index (χ1n) is 10.9. The van der Waals surface area contributed by atoms with E-state index >= 15 is 0 Å². The van der Waals surface area contributed by atoms with E-state index < -0.39 is 0 Å². The maximum absolute atomic E-state index is 4.86. The quantitative estimate of drug-likeness (QED) is 0.410. The van der Waals surface area contributed by atoms with Crippen LogP contribution in [-0.4, -0.2) is 56.0 Å². The Kier molecular flexibility index (Phi) is 4.57. The summed E-state index contributed by atoms with van der Waals surface area (Å²) >= 11 is 0. The van der Waals surface area contributed by atoms with Crippen LogP contribution in [0.15, 0.2) is 54.9 Å². The molecule has 1 fully saturated rings. The lowest BCUT2D eigenvalue weighted by molar-refractivity contribution is 0.453. The van der Waals surface area contributed by atoms with Crippen molar-refractivity contribution in [3.05, 3.63) is 66.1 Å². The summed E-state index contributed by atoms with van der Waals surface area (Å²) in [6, 6.07) is 14.9. The van der Waals surface area contributed by atoms with Gasteiger partial charge in [-0.1, -0.05) is 18.2 Å². The molecule has 0 radical (unpaired) electrons. The molecule has 1 aliphatic heterocycles. The maximum atomic E-state index is 4.86. The highest BCUT2D eigenvalue weighted by Gasteiger charge is 2.22. The lowest BCUT2D eigenvalue weighted by atomic mass is 10.0. The predicted octanol–water partition coefficient (Wildman–Crippen LogP) is 3.23. The molecule has 5 aromatic rings. The highest BCUT2D eigenvalue weighted by atomic mass is 15.3. The average Bonchev–Trinajstić information content (AvgIpc) is 3.43. The predicted molar refractivity (Wildman–Crippen MR) is 126 cm³/mol. The Balaban J connectivity index is 1.24. The molecule has 8 heteroatoms. The van der Waals surface area contributed by atoms with Gasteiger partial charge in [-0.15, -0.1) is 5.10 Å². The number of nitrogens with one attached hydrogen (secondary N) is 3. The summed E-state index contributed by atoms with van der Waals surface area (Å²) < 4.78 is 0. The van der Waals surface area contributed by atoms with E-state index in [2.05, 4.69) is 72.1 Å². The molecule has 0 aliphatic carbocycles. The van der Waals surface area contributed by atoms with Gasteiger partial charge in [0.25, 0.3) is 0 Å². The molecular weight excluding hydrogens is 400 g/mol. The second-order valence-corrected chi connectivity index (χ2v) is 8.37. The largest absolute Gasteiger partial charge is 0.361 e. The fourth-order valence-electron chi connectivity index (χ4n) is 4.59. The zero-order chi connectivity index (χ0) is 21.5. The van der Waals surface area contributed by atoms with Crippen molar-refractivity contribution < 1.29 is 0 Å². The van der Waals surface area contributed by atoms with Gasteiger partial charge in [-0.3, -0.25) is 5.10 Å². The molecule has 1 saturated heterocycles. The number of hydrogen-bond acceptors (Lipinski definition) is 6. The summed E-state index contributed by atoms with van der Waals surface area (Å²) in [6.45, 7) is 4.67. The molecule has 0 amide bonds. The van der Waals surface area contributed by atoms with Crippen molar-refractivity contribution in [1.29, 1.82) is 0 Å². The Hall–Kier alpha value is -3.78. The first-order chi connectivity index (χ1) is 15.7. The van der Waals surface area contributed by atoms with Gasteiger partial charge < -0.3 is 15.2 Å². The molecule has 8 nitrogen and oxygen atoms in total. The normalized spacial score (nSPS) is 16.8. The molecule has 0 saturated carbocycles. The monoisotopic (exact) mass is 424 g/mol. The molecule has 0 bridgehead atoms. The standard InChI is InChI=1S/C24H24N8/c1-15-20-11-16(6-7-22(20)30-29-15)24-28-23(13-27-31-24)32-9-8-25-18(14-32)10-17-12-26-21-5-3-2-4-19(17)21/h2-7,11-13,18,25-26H,8-10,14H2,1H3,(H,29,30)/t18-/m0/s1. The van der Waals surface area contributed by atoms with Crippen LogP contribution in [0.1, 0.15) is 11.3 Å². The van der Waals surface area contributed by atoms with E-state index in [0.29, 0.717) is 11.9 Å². The van der Waals surface area contributed by atoms with Crippen LogP contribution < -0.4 is 10.2 Å². The van der Waals surface area contributed by atoms with E-state index in [4.69, 9.17) is 4.98 Å². The van der Waals surface area contributed by atoms with Crippen LogP contribution >= 0.6 is 0 Å². The van der Waals surface area contributed by atoms with Gasteiger partial charge in [-0.2, -0.15) is 10.2 Å². The summed E-state index contributed by atoms with van der Waals surface area (Å²) in [5.41, 5.74) is 5.45. The smallest absolute Gasteiger partial charge is 0.183 e. The van der Waals surface area contributed by atoms with E-state index in [0.717, 1.165) is 54.0 Å². The summed E-state index contributed by atoms with van der Waals surface area (Å²) in [5.74, 6) is 1.50. The van der Waals surface area contributed by atoms with Gasteiger partial charge in [-0.25, -0.2) is 4.98 Å². The third-order valence-corrected chi connectivity index (χ3v) is 6.28. The van der Waals surface area contributed by atoms with Crippen molar-refractivity contribution in [1.82, 2.24) is 35.7 Å². The van der Waals surface area contributed by atoms with Gasteiger partial charge in [0.15, 0.2) is 11.6 Å². The number of benzene rings is 2. The van der Waals surface area contributed by atoms with E-state index in [1.165, 1.54) is 16.5 Å². The molecule has 6 rings (SSSR count). The van der Waals surface area contributed by atoms with E-state index in [1.807, 2.05) is 19.1 Å². The zero-order valence-electron chi connectivity index (χ0n) is 17.8. The summed E-state index contributed by atoms with van der Waals surface area (Å²) in [7, 11) is 0. The van der Waals surface area contributed by atoms with Crippen molar-refractivity contribution >= 4 is 27.6 Å². The van der Waals surface area contributed by atoms with Gasteiger partial charge in [-0.05, 0) is 43.2 Å². The third-order valence-electron chi connectivity index (χ3n) is 6.28. The molecule has 3 aromatic heterocycles. The highest BCUT2D eigenvalue weighted by Crippen LogP contribution is 2.25. The fourth-order valence-corrected chi connectivity index (χ4v) is 4.59. The van der Waals surface area contributed by atoms with Crippen LogP contribution in [0.4, 0.5) is 5.82 Å². The first-order valence-corrected chi connectivity index (χ1v) is 10.9. The molecule has 3 N–H and O–H groups in total. The number of aromatic amines is 2. The zero-order valence-corrected chi connectivity index (χ0v) is 17.8. The minimum absolute atomic E-state index is 0.339. The molecule has 32 heavy (non-hydrogen) atoms. The minimum Gasteiger partial charge on any atom is -0.361 e. The molecule has 4 heterocycles. The van der Waals surface area contributed by atoms with Gasteiger partial charge in [0, 0.05) is 53.7 Å². The number of para-hydroxylation sites is 1. The summed E-state index contributed by atoms with van der Waals surface area (Å²) in [5, 5.41) is 21.9. The lowest BCUT2D eigenvalue weighted by Gasteiger charge is -2.34. The Bertz CT molecular complexity index is 1400. The van der Waals surface area contributed by atoms with Crippen molar-refractivity contribution in [2.24, 2.45) is 0 Å². The van der Waals surface area contributed by atoms with Crippen LogP contribution in [0.25, 0.3) is 33.2 Å². The Morgan fingerprint density at radius 1 is 1.09 bits per heavy atom. The minimum atomic E-state index is 0.339. The second kappa shape index (κ2) is 7.72. The number of H-pyrrole nitrogens is 2. The van der Waals surface area contributed by atoms with Gasteiger partial charge in [0.05, 0.1) is 17.4 Å². The van der Waals surface area contributed by atoms with Crippen molar-refractivity contribution in [3.8, 4) is 11.4 Å². The number of aryl methyl sites for hydroxylation is 1. The van der Waals surface area contributed by atoms with Gasteiger partial charge in [0.1, 0.15) is 0 Å². The maximum Gasteiger partial charge on any atom is 0.183 e. The Morgan fingerprint density at radius 2 is 2.03 bits per heavy atom. The summed E-state index contributed by atoms with van der Waals surface area (Å²) in [4.78, 5) is 10.5. The van der Waals surface area contributed by atoms with Crippen LogP contribution in [-0.2, 0) is 6.42 Å². The number of nitrogens with zero attached hydrogens (tertiary/aromatic N) is 5. The van der Waals surface area contributed by atoms with Crippen LogP contribution in [0.5, 0.6) is 0 Å². The number of rotatable bonds is 4. The average molecular weight is 425 g/mol.